The molecule has 15 heavy (non-hydrogen) atoms. The summed E-state index contributed by atoms with van der Waals surface area (Å²) in [6.45, 7) is 0. The van der Waals surface area contributed by atoms with Crippen LogP contribution in [0.2, 0.25) is 0 Å². The Kier molecular flexibility index (Phi) is 3.22. The van der Waals surface area contributed by atoms with Crippen LogP contribution in [0.5, 0.6) is 0 Å². The Hall–Kier alpha value is -2.11. The monoisotopic (exact) mass is 210 g/mol. The van der Waals surface area contributed by atoms with Crippen molar-refractivity contribution >= 4 is 17.5 Å². The highest BCUT2D eigenvalue weighted by molar-refractivity contribution is 5.87. The molecule has 80 valence electrons. The summed E-state index contributed by atoms with van der Waals surface area (Å²) in [5, 5.41) is 10.5. The second-order valence-electron chi connectivity index (χ2n) is 2.81. The number of nitro benzene ring substituents is 1. The van der Waals surface area contributed by atoms with Crippen LogP contribution >= 0.6 is 0 Å². The van der Waals surface area contributed by atoms with Gasteiger partial charge < -0.3 is 4.74 Å². The third-order valence-electron chi connectivity index (χ3n) is 1.88. The van der Waals surface area contributed by atoms with E-state index in [-0.39, 0.29) is 5.69 Å². The third-order valence-corrected chi connectivity index (χ3v) is 1.88. The highest BCUT2D eigenvalue weighted by Gasteiger charge is 2.13. The van der Waals surface area contributed by atoms with Gasteiger partial charge in [0.25, 0.3) is 5.69 Å². The van der Waals surface area contributed by atoms with Crippen molar-refractivity contribution in [2.45, 2.75) is 0 Å². The maximum absolute atomic E-state index is 11.1. The number of anilines is 1. The van der Waals surface area contributed by atoms with Gasteiger partial charge in [-0.3, -0.25) is 15.0 Å². The first-order valence-corrected chi connectivity index (χ1v) is 4.12. The van der Waals surface area contributed by atoms with E-state index in [1.54, 1.807) is 6.07 Å². The highest BCUT2D eigenvalue weighted by Crippen LogP contribution is 2.20. The quantitative estimate of drug-likeness (QED) is 0.551. The topological polar surface area (TPSA) is 72.7 Å². The van der Waals surface area contributed by atoms with Gasteiger partial charge in [-0.15, -0.1) is 0 Å². The van der Waals surface area contributed by atoms with Crippen LogP contribution in [0.4, 0.5) is 16.2 Å². The van der Waals surface area contributed by atoms with Crippen molar-refractivity contribution in [3.8, 4) is 0 Å². The Labute approximate surface area is 86.2 Å². The van der Waals surface area contributed by atoms with E-state index in [9.17, 15) is 14.9 Å². The van der Waals surface area contributed by atoms with Gasteiger partial charge >= 0.3 is 6.09 Å². The second kappa shape index (κ2) is 4.41. The smallest absolute Gasteiger partial charge is 0.413 e. The molecule has 1 aromatic carbocycles. The van der Waals surface area contributed by atoms with E-state index in [0.717, 1.165) is 0 Å². The van der Waals surface area contributed by atoms with Crippen LogP contribution in [0.3, 0.4) is 0 Å². The molecule has 0 aliphatic heterocycles. The molecule has 1 rings (SSSR count). The maximum Gasteiger partial charge on any atom is 0.413 e. The molecule has 0 saturated carbocycles. The molecule has 6 nitrogen and oxygen atoms in total. The molecule has 0 aliphatic carbocycles. The van der Waals surface area contributed by atoms with Crippen LogP contribution in [0.25, 0.3) is 0 Å². The zero-order valence-electron chi connectivity index (χ0n) is 8.34. The van der Waals surface area contributed by atoms with Gasteiger partial charge in [0.1, 0.15) is 0 Å². The zero-order chi connectivity index (χ0) is 11.4. The van der Waals surface area contributed by atoms with Gasteiger partial charge in [-0.05, 0) is 6.07 Å². The van der Waals surface area contributed by atoms with Crippen LogP contribution < -0.4 is 4.90 Å². The fourth-order valence-electron chi connectivity index (χ4n) is 1.06. The molecule has 0 bridgehead atoms. The molecule has 0 atom stereocenters. The second-order valence-corrected chi connectivity index (χ2v) is 2.81. The van der Waals surface area contributed by atoms with E-state index in [1.807, 2.05) is 0 Å². The number of rotatable bonds is 2. The van der Waals surface area contributed by atoms with Crippen LogP contribution in [0, 0.1) is 10.1 Å². The fourth-order valence-corrected chi connectivity index (χ4v) is 1.06. The number of hydrogen-bond acceptors (Lipinski definition) is 4. The molecule has 1 amide bonds. The lowest BCUT2D eigenvalue weighted by Gasteiger charge is -2.14. The number of carbonyl (C=O) groups excluding carboxylic acids is 1. The molecule has 0 heterocycles. The van der Waals surface area contributed by atoms with Crippen LogP contribution in [0.15, 0.2) is 24.3 Å². The number of carbonyl (C=O) groups is 1. The summed E-state index contributed by atoms with van der Waals surface area (Å²) in [6, 6.07) is 5.75. The van der Waals surface area contributed by atoms with Gasteiger partial charge in [0, 0.05) is 19.2 Å². The Bertz CT molecular complexity index is 391. The lowest BCUT2D eigenvalue weighted by molar-refractivity contribution is -0.384. The normalized spacial score (nSPS) is 9.47. The Balaban J connectivity index is 3.00. The van der Waals surface area contributed by atoms with Crippen molar-refractivity contribution in [3.05, 3.63) is 34.4 Å². The lowest BCUT2D eigenvalue weighted by Crippen LogP contribution is -2.25. The molecular weight excluding hydrogens is 200 g/mol. The van der Waals surface area contributed by atoms with E-state index < -0.39 is 11.0 Å². The van der Waals surface area contributed by atoms with Gasteiger partial charge in [-0.1, -0.05) is 6.07 Å². The van der Waals surface area contributed by atoms with E-state index in [2.05, 4.69) is 4.74 Å². The van der Waals surface area contributed by atoms with Crippen LogP contribution in [-0.4, -0.2) is 25.2 Å². The Morgan fingerprint density at radius 3 is 2.73 bits per heavy atom. The number of nitro groups is 1. The van der Waals surface area contributed by atoms with Gasteiger partial charge in [-0.25, -0.2) is 4.79 Å². The molecular formula is C9H10N2O4. The first-order chi connectivity index (χ1) is 7.06. The number of nitrogens with zero attached hydrogens (tertiary/aromatic N) is 2. The summed E-state index contributed by atoms with van der Waals surface area (Å²) in [5.41, 5.74) is 0.347. The summed E-state index contributed by atoms with van der Waals surface area (Å²) in [4.78, 5) is 22.3. The van der Waals surface area contributed by atoms with Crippen LogP contribution in [-0.2, 0) is 4.74 Å². The molecule has 1 aromatic rings. The van der Waals surface area contributed by atoms with Gasteiger partial charge in [0.05, 0.1) is 17.7 Å². The number of hydrogen-bond donors (Lipinski definition) is 0. The largest absolute Gasteiger partial charge is 0.452 e. The van der Waals surface area contributed by atoms with Crippen molar-refractivity contribution in [2.75, 3.05) is 19.1 Å². The summed E-state index contributed by atoms with van der Waals surface area (Å²) < 4.78 is 4.48. The van der Waals surface area contributed by atoms with Crippen molar-refractivity contribution in [3.63, 3.8) is 0 Å². The van der Waals surface area contributed by atoms with Gasteiger partial charge in [0.2, 0.25) is 0 Å². The van der Waals surface area contributed by atoms with Crippen molar-refractivity contribution in [1.29, 1.82) is 0 Å². The highest BCUT2D eigenvalue weighted by atomic mass is 16.6. The number of amides is 1. The molecule has 0 saturated heterocycles. The van der Waals surface area contributed by atoms with Crippen molar-refractivity contribution in [1.82, 2.24) is 0 Å². The lowest BCUT2D eigenvalue weighted by atomic mass is 10.2. The van der Waals surface area contributed by atoms with E-state index in [4.69, 9.17) is 0 Å². The van der Waals surface area contributed by atoms with E-state index >= 15 is 0 Å². The predicted octanol–water partition coefficient (Wildman–Crippen LogP) is 1.80. The summed E-state index contributed by atoms with van der Waals surface area (Å²) in [7, 11) is 2.72. The predicted molar refractivity (Wildman–Crippen MR) is 53.9 cm³/mol. The third kappa shape index (κ3) is 2.43. The summed E-state index contributed by atoms with van der Waals surface area (Å²) >= 11 is 0. The number of benzene rings is 1. The minimum atomic E-state index is -0.574. The molecule has 0 aromatic heterocycles. The minimum Gasteiger partial charge on any atom is -0.452 e. The summed E-state index contributed by atoms with van der Waals surface area (Å²) in [6.07, 6.45) is -0.574. The molecule has 0 fully saturated rings. The maximum atomic E-state index is 11.1. The van der Waals surface area contributed by atoms with E-state index in [0.29, 0.717) is 5.69 Å². The zero-order valence-corrected chi connectivity index (χ0v) is 8.34. The van der Waals surface area contributed by atoms with Crippen molar-refractivity contribution < 1.29 is 14.5 Å². The van der Waals surface area contributed by atoms with Crippen molar-refractivity contribution in [2.24, 2.45) is 0 Å². The first-order valence-electron chi connectivity index (χ1n) is 4.12. The average molecular weight is 210 g/mol. The molecule has 0 radical (unpaired) electrons. The Morgan fingerprint density at radius 1 is 1.53 bits per heavy atom. The average Bonchev–Trinajstić information content (AvgIpc) is 2.27. The molecule has 0 unspecified atom stereocenters. The molecule has 6 heteroatoms. The minimum absolute atomic E-state index is 0.0664. The fraction of sp³-hybridized carbons (Fsp3) is 0.222. The SMILES string of the molecule is COC(=O)N(C)c1cccc([N+](=O)[O-])c1. The van der Waals surface area contributed by atoms with Gasteiger partial charge in [0.15, 0.2) is 0 Å². The molecule has 0 spiro atoms. The number of ether oxygens (including phenoxy) is 1. The van der Waals surface area contributed by atoms with E-state index in [1.165, 1.54) is 37.3 Å². The summed E-state index contributed by atoms with van der Waals surface area (Å²) in [5.74, 6) is 0. The first kappa shape index (κ1) is 11.0. The Morgan fingerprint density at radius 2 is 2.20 bits per heavy atom. The number of methoxy groups -OCH3 is 1. The van der Waals surface area contributed by atoms with Crippen LogP contribution in [0.1, 0.15) is 0 Å². The molecule has 0 aliphatic rings. The number of non-ortho nitro benzene ring substituents is 1. The molecule has 0 N–H and O–H groups in total. The standard InChI is InChI=1S/C9H10N2O4/c1-10(9(12)15-2)7-4-3-5-8(6-7)11(13)14/h3-6H,1-2H3. The van der Waals surface area contributed by atoms with Gasteiger partial charge in [-0.2, -0.15) is 0 Å².